The highest BCUT2D eigenvalue weighted by Gasteiger charge is 2.10. The van der Waals surface area contributed by atoms with Gasteiger partial charge < -0.3 is 10.7 Å². The second-order valence-corrected chi connectivity index (χ2v) is 3.70. The van der Waals surface area contributed by atoms with Gasteiger partial charge in [-0.05, 0) is 24.5 Å². The zero-order valence-corrected chi connectivity index (χ0v) is 9.20. The molecule has 76 valence electrons. The molecule has 0 aromatic carbocycles. The predicted molar refractivity (Wildman–Crippen MR) is 61.7 cm³/mol. The largest absolute Gasteiger partial charge is 0.389 e. The Hall–Kier alpha value is -1.16. The third-order valence-electron chi connectivity index (χ3n) is 2.23. The molecule has 0 spiro atoms. The summed E-state index contributed by atoms with van der Waals surface area (Å²) in [6, 6.07) is 0. The summed E-state index contributed by atoms with van der Waals surface area (Å²) in [6.07, 6.45) is 3.70. The molecule has 0 saturated heterocycles. The summed E-state index contributed by atoms with van der Waals surface area (Å²) in [5, 5.41) is 0. The monoisotopic (exact) mass is 210 g/mol. The van der Waals surface area contributed by atoms with Crippen molar-refractivity contribution in [3.8, 4) is 0 Å². The van der Waals surface area contributed by atoms with Crippen LogP contribution >= 0.6 is 12.2 Å². The van der Waals surface area contributed by atoms with Gasteiger partial charge in [0.1, 0.15) is 4.99 Å². The maximum atomic E-state index is 11.4. The van der Waals surface area contributed by atoms with Crippen molar-refractivity contribution in [3.63, 3.8) is 0 Å². The Kier molecular flexibility index (Phi) is 3.41. The summed E-state index contributed by atoms with van der Waals surface area (Å²) in [4.78, 5) is 14.2. The molecule has 1 heterocycles. The quantitative estimate of drug-likeness (QED) is 0.739. The van der Waals surface area contributed by atoms with E-state index in [9.17, 15) is 4.79 Å². The zero-order valence-electron chi connectivity index (χ0n) is 8.39. The van der Waals surface area contributed by atoms with Gasteiger partial charge in [0.25, 0.3) is 5.56 Å². The zero-order chi connectivity index (χ0) is 10.7. The Morgan fingerprint density at radius 3 is 2.79 bits per heavy atom. The molecule has 0 fully saturated rings. The molecule has 1 rings (SSSR count). The van der Waals surface area contributed by atoms with Crippen LogP contribution in [0.25, 0.3) is 0 Å². The van der Waals surface area contributed by atoms with E-state index in [0.717, 1.165) is 24.0 Å². The maximum Gasteiger partial charge on any atom is 0.258 e. The Morgan fingerprint density at radius 1 is 1.64 bits per heavy atom. The van der Waals surface area contributed by atoms with Crippen LogP contribution in [0.15, 0.2) is 11.0 Å². The molecule has 0 aliphatic carbocycles. The molecule has 0 unspecified atom stereocenters. The number of thiocarbonyl (C=S) groups is 1. The van der Waals surface area contributed by atoms with Crippen molar-refractivity contribution in [3.05, 3.63) is 33.2 Å². The standard InChI is InChI=1S/C10H14N2OS/c1-3-4-7-5-12-10(13)8(6(7)2)9(11)14/h5H,3-4H2,1-2H3,(H2,11,14)(H,12,13). The lowest BCUT2D eigenvalue weighted by molar-refractivity contribution is 0.899. The van der Waals surface area contributed by atoms with Gasteiger partial charge in [-0.25, -0.2) is 0 Å². The summed E-state index contributed by atoms with van der Waals surface area (Å²) in [6.45, 7) is 3.97. The Labute approximate surface area is 88.3 Å². The van der Waals surface area contributed by atoms with E-state index in [4.69, 9.17) is 18.0 Å². The van der Waals surface area contributed by atoms with E-state index >= 15 is 0 Å². The number of rotatable bonds is 3. The van der Waals surface area contributed by atoms with Crippen LogP contribution < -0.4 is 11.3 Å². The van der Waals surface area contributed by atoms with Gasteiger partial charge in [-0.1, -0.05) is 25.6 Å². The first-order valence-corrected chi connectivity index (χ1v) is 4.99. The summed E-state index contributed by atoms with van der Waals surface area (Å²) in [5.74, 6) is 0. The average molecular weight is 210 g/mol. The number of nitrogens with one attached hydrogen (secondary N) is 1. The van der Waals surface area contributed by atoms with E-state index in [2.05, 4.69) is 11.9 Å². The van der Waals surface area contributed by atoms with Crippen LogP contribution in [-0.4, -0.2) is 9.97 Å². The molecule has 0 saturated carbocycles. The van der Waals surface area contributed by atoms with E-state index in [0.29, 0.717) is 5.56 Å². The minimum absolute atomic E-state index is 0.168. The molecule has 1 aromatic rings. The van der Waals surface area contributed by atoms with Gasteiger partial charge in [0.2, 0.25) is 0 Å². The highest BCUT2D eigenvalue weighted by Crippen LogP contribution is 2.10. The summed E-state index contributed by atoms with van der Waals surface area (Å²) in [7, 11) is 0. The molecule has 0 radical (unpaired) electrons. The Balaban J connectivity index is 3.33. The van der Waals surface area contributed by atoms with Gasteiger partial charge in [0, 0.05) is 6.20 Å². The van der Waals surface area contributed by atoms with Crippen molar-refractivity contribution in [1.82, 2.24) is 4.98 Å². The second-order valence-electron chi connectivity index (χ2n) is 3.26. The molecule has 0 aliphatic heterocycles. The van der Waals surface area contributed by atoms with E-state index in [1.165, 1.54) is 0 Å². The van der Waals surface area contributed by atoms with Crippen LogP contribution in [0.1, 0.15) is 30.0 Å². The Bertz CT molecular complexity index is 409. The molecule has 4 heteroatoms. The van der Waals surface area contributed by atoms with Crippen LogP contribution in [0.3, 0.4) is 0 Å². The van der Waals surface area contributed by atoms with Crippen molar-refractivity contribution in [1.29, 1.82) is 0 Å². The molecular formula is C10H14N2OS. The fourth-order valence-electron chi connectivity index (χ4n) is 1.49. The topological polar surface area (TPSA) is 58.9 Å². The maximum absolute atomic E-state index is 11.4. The minimum atomic E-state index is -0.199. The number of pyridine rings is 1. The van der Waals surface area contributed by atoms with Gasteiger partial charge in [-0.3, -0.25) is 4.79 Å². The molecule has 0 amide bonds. The predicted octanol–water partition coefficient (Wildman–Crippen LogP) is 1.27. The molecule has 3 N–H and O–H groups in total. The molecule has 14 heavy (non-hydrogen) atoms. The summed E-state index contributed by atoms with van der Waals surface area (Å²) in [5.41, 5.74) is 7.75. The minimum Gasteiger partial charge on any atom is -0.389 e. The van der Waals surface area contributed by atoms with E-state index in [-0.39, 0.29) is 10.5 Å². The second kappa shape index (κ2) is 4.37. The van der Waals surface area contributed by atoms with Crippen molar-refractivity contribution in [2.75, 3.05) is 0 Å². The third kappa shape index (κ3) is 2.01. The first kappa shape index (κ1) is 10.9. The number of hydrogen-bond donors (Lipinski definition) is 2. The third-order valence-corrected chi connectivity index (χ3v) is 2.43. The Morgan fingerprint density at radius 2 is 2.29 bits per heavy atom. The lowest BCUT2D eigenvalue weighted by Crippen LogP contribution is -2.25. The van der Waals surface area contributed by atoms with E-state index in [1.807, 2.05) is 6.92 Å². The molecule has 0 aliphatic rings. The number of hydrogen-bond acceptors (Lipinski definition) is 2. The lowest BCUT2D eigenvalue weighted by Gasteiger charge is -2.07. The average Bonchev–Trinajstić information content (AvgIpc) is 2.10. The van der Waals surface area contributed by atoms with Crippen LogP contribution in [-0.2, 0) is 6.42 Å². The normalized spacial score (nSPS) is 10.1. The van der Waals surface area contributed by atoms with Crippen molar-refractivity contribution < 1.29 is 0 Å². The smallest absolute Gasteiger partial charge is 0.258 e. The van der Waals surface area contributed by atoms with E-state index < -0.39 is 0 Å². The molecular weight excluding hydrogens is 196 g/mol. The molecule has 3 nitrogen and oxygen atoms in total. The van der Waals surface area contributed by atoms with Gasteiger partial charge in [-0.2, -0.15) is 0 Å². The number of aromatic amines is 1. The molecule has 0 atom stereocenters. The van der Waals surface area contributed by atoms with E-state index in [1.54, 1.807) is 6.20 Å². The fourth-order valence-corrected chi connectivity index (χ4v) is 1.74. The number of aromatic nitrogens is 1. The number of aryl methyl sites for hydroxylation is 1. The number of H-pyrrole nitrogens is 1. The summed E-state index contributed by atoms with van der Waals surface area (Å²) < 4.78 is 0. The van der Waals surface area contributed by atoms with Gasteiger partial charge in [0.05, 0.1) is 5.56 Å². The molecule has 1 aromatic heterocycles. The van der Waals surface area contributed by atoms with Crippen LogP contribution in [0.4, 0.5) is 0 Å². The number of nitrogens with two attached hydrogens (primary N) is 1. The van der Waals surface area contributed by atoms with Crippen LogP contribution in [0.5, 0.6) is 0 Å². The lowest BCUT2D eigenvalue weighted by atomic mass is 10.0. The van der Waals surface area contributed by atoms with Crippen LogP contribution in [0, 0.1) is 6.92 Å². The highest BCUT2D eigenvalue weighted by molar-refractivity contribution is 7.80. The molecule has 0 bridgehead atoms. The van der Waals surface area contributed by atoms with Gasteiger partial charge >= 0.3 is 0 Å². The first-order chi connectivity index (χ1) is 6.57. The van der Waals surface area contributed by atoms with Crippen molar-refractivity contribution in [2.24, 2.45) is 5.73 Å². The SMILES string of the molecule is CCCc1c[nH]c(=O)c(C(N)=S)c1C. The fraction of sp³-hybridized carbons (Fsp3) is 0.400. The summed E-state index contributed by atoms with van der Waals surface area (Å²) >= 11 is 4.84. The van der Waals surface area contributed by atoms with Gasteiger partial charge in [0.15, 0.2) is 0 Å². The van der Waals surface area contributed by atoms with Crippen molar-refractivity contribution in [2.45, 2.75) is 26.7 Å². The first-order valence-electron chi connectivity index (χ1n) is 4.58. The van der Waals surface area contributed by atoms with Gasteiger partial charge in [-0.15, -0.1) is 0 Å². The van der Waals surface area contributed by atoms with Crippen molar-refractivity contribution >= 4 is 17.2 Å². The highest BCUT2D eigenvalue weighted by atomic mass is 32.1. The van der Waals surface area contributed by atoms with Crippen LogP contribution in [0.2, 0.25) is 0 Å².